The molecule has 2 aromatic carbocycles. The van der Waals surface area contributed by atoms with Gasteiger partial charge in [-0.25, -0.2) is 0 Å². The monoisotopic (exact) mass is 411 g/mol. The fourth-order valence-electron chi connectivity index (χ4n) is 4.28. The number of anilines is 1. The van der Waals surface area contributed by atoms with Gasteiger partial charge in [0.2, 0.25) is 5.91 Å². The Bertz CT molecular complexity index is 1010. The first-order chi connectivity index (χ1) is 14.0. The van der Waals surface area contributed by atoms with E-state index in [4.69, 9.17) is 21.1 Å². The summed E-state index contributed by atoms with van der Waals surface area (Å²) in [6, 6.07) is 12.7. The molecule has 2 aliphatic rings. The van der Waals surface area contributed by atoms with Gasteiger partial charge >= 0.3 is 0 Å². The summed E-state index contributed by atoms with van der Waals surface area (Å²) in [6.07, 6.45) is 2.09. The topological polar surface area (TPSA) is 55.8 Å². The number of ether oxygens (including phenoxy) is 2. The van der Waals surface area contributed by atoms with Crippen LogP contribution in [0.1, 0.15) is 37.2 Å². The summed E-state index contributed by atoms with van der Waals surface area (Å²) in [7, 11) is 3.17. The van der Waals surface area contributed by atoms with Gasteiger partial charge in [-0.2, -0.15) is 0 Å². The molecule has 1 heterocycles. The van der Waals surface area contributed by atoms with Crippen molar-refractivity contribution in [3.8, 4) is 11.5 Å². The number of amides is 1. The van der Waals surface area contributed by atoms with Crippen LogP contribution in [0.3, 0.4) is 0 Å². The van der Waals surface area contributed by atoms with Gasteiger partial charge in [-0.05, 0) is 37.1 Å². The SMILES string of the molecule is COc1ccc(C2CC(=O)N(c3cccc(Cl)c3)C3=C2C(=O)CCC3)c(OC)c1. The van der Waals surface area contributed by atoms with Crippen molar-refractivity contribution in [3.63, 3.8) is 0 Å². The molecule has 1 unspecified atom stereocenters. The van der Waals surface area contributed by atoms with Crippen LogP contribution >= 0.6 is 11.6 Å². The van der Waals surface area contributed by atoms with Crippen LogP contribution in [0.2, 0.25) is 5.02 Å². The van der Waals surface area contributed by atoms with E-state index in [9.17, 15) is 9.59 Å². The fraction of sp³-hybridized carbons (Fsp3) is 0.304. The number of carbonyl (C=O) groups is 2. The molecule has 6 heteroatoms. The molecule has 4 rings (SSSR count). The third-order valence-corrected chi connectivity index (χ3v) is 5.79. The van der Waals surface area contributed by atoms with E-state index in [-0.39, 0.29) is 24.0 Å². The maximum atomic E-state index is 13.2. The van der Waals surface area contributed by atoms with E-state index in [1.54, 1.807) is 37.3 Å². The third-order valence-electron chi connectivity index (χ3n) is 5.56. The van der Waals surface area contributed by atoms with Crippen molar-refractivity contribution in [3.05, 3.63) is 64.3 Å². The van der Waals surface area contributed by atoms with Crippen LogP contribution in [-0.4, -0.2) is 25.9 Å². The predicted octanol–water partition coefficient (Wildman–Crippen LogP) is 4.88. The summed E-state index contributed by atoms with van der Waals surface area (Å²) in [4.78, 5) is 27.9. The summed E-state index contributed by atoms with van der Waals surface area (Å²) < 4.78 is 10.8. The van der Waals surface area contributed by atoms with E-state index in [1.165, 1.54) is 0 Å². The molecule has 0 radical (unpaired) electrons. The maximum absolute atomic E-state index is 13.2. The van der Waals surface area contributed by atoms with Crippen LogP contribution < -0.4 is 14.4 Å². The summed E-state index contributed by atoms with van der Waals surface area (Å²) in [6.45, 7) is 0. The number of hydrogen-bond donors (Lipinski definition) is 0. The minimum absolute atomic E-state index is 0.0522. The second-order valence-electron chi connectivity index (χ2n) is 7.21. The molecule has 2 aromatic rings. The van der Waals surface area contributed by atoms with Crippen LogP contribution in [0.4, 0.5) is 5.69 Å². The molecule has 0 bridgehead atoms. The molecule has 0 spiro atoms. The highest BCUT2D eigenvalue weighted by molar-refractivity contribution is 6.31. The van der Waals surface area contributed by atoms with Crippen LogP contribution in [-0.2, 0) is 9.59 Å². The third kappa shape index (κ3) is 3.51. The van der Waals surface area contributed by atoms with Crippen molar-refractivity contribution in [2.24, 2.45) is 0 Å². The van der Waals surface area contributed by atoms with Crippen molar-refractivity contribution in [2.75, 3.05) is 19.1 Å². The lowest BCUT2D eigenvalue weighted by atomic mass is 9.77. The Hall–Kier alpha value is -2.79. The molecule has 5 nitrogen and oxygen atoms in total. The van der Waals surface area contributed by atoms with Crippen molar-refractivity contribution in [1.82, 2.24) is 0 Å². The number of allylic oxidation sites excluding steroid dienone is 2. The van der Waals surface area contributed by atoms with Gasteiger partial charge in [-0.1, -0.05) is 23.7 Å². The molecule has 1 amide bonds. The molecular weight excluding hydrogens is 390 g/mol. The van der Waals surface area contributed by atoms with Gasteiger partial charge in [0.25, 0.3) is 0 Å². The van der Waals surface area contributed by atoms with Gasteiger partial charge < -0.3 is 9.47 Å². The average Bonchev–Trinajstić information content (AvgIpc) is 2.72. The lowest BCUT2D eigenvalue weighted by Crippen LogP contribution is -2.40. The van der Waals surface area contributed by atoms with Gasteiger partial charge in [-0.3, -0.25) is 14.5 Å². The quantitative estimate of drug-likeness (QED) is 0.719. The van der Waals surface area contributed by atoms with E-state index in [0.717, 1.165) is 17.7 Å². The van der Waals surface area contributed by atoms with Crippen molar-refractivity contribution < 1.29 is 19.1 Å². The molecule has 1 atom stereocenters. The molecule has 0 saturated carbocycles. The zero-order chi connectivity index (χ0) is 20.5. The Labute approximate surface area is 174 Å². The Morgan fingerprint density at radius 3 is 2.59 bits per heavy atom. The Morgan fingerprint density at radius 1 is 1.03 bits per heavy atom. The summed E-state index contributed by atoms with van der Waals surface area (Å²) in [5, 5.41) is 0.554. The number of nitrogens with zero attached hydrogens (tertiary/aromatic N) is 1. The van der Waals surface area contributed by atoms with E-state index in [1.807, 2.05) is 24.3 Å². The highest BCUT2D eigenvalue weighted by Crippen LogP contribution is 2.46. The Kier molecular flexibility index (Phi) is 5.33. The minimum Gasteiger partial charge on any atom is -0.497 e. The van der Waals surface area contributed by atoms with Crippen molar-refractivity contribution >= 4 is 29.0 Å². The summed E-state index contributed by atoms with van der Waals surface area (Å²) >= 11 is 6.16. The molecule has 1 aliphatic heterocycles. The fourth-order valence-corrected chi connectivity index (χ4v) is 4.46. The molecule has 150 valence electrons. The normalized spacial score (nSPS) is 19.3. The van der Waals surface area contributed by atoms with Crippen molar-refractivity contribution in [2.45, 2.75) is 31.6 Å². The first-order valence-electron chi connectivity index (χ1n) is 9.60. The Morgan fingerprint density at radius 2 is 1.86 bits per heavy atom. The molecule has 0 fully saturated rings. The van der Waals surface area contributed by atoms with Crippen LogP contribution in [0.15, 0.2) is 53.7 Å². The van der Waals surface area contributed by atoms with Gasteiger partial charge in [0.1, 0.15) is 11.5 Å². The minimum atomic E-state index is -0.332. The van der Waals surface area contributed by atoms with Gasteiger partial charge in [0.15, 0.2) is 5.78 Å². The standard InChI is InChI=1S/C23H22ClNO4/c1-28-16-9-10-17(21(12-16)29-2)18-13-22(27)25(15-6-3-5-14(24)11-15)19-7-4-8-20(26)23(18)19/h3,5-6,9-12,18H,4,7-8,13H2,1-2H3. The first kappa shape index (κ1) is 19.5. The second kappa shape index (κ2) is 7.91. The lowest BCUT2D eigenvalue weighted by molar-refractivity contribution is -0.119. The number of hydrogen-bond acceptors (Lipinski definition) is 4. The molecular formula is C23H22ClNO4. The van der Waals surface area contributed by atoms with E-state index >= 15 is 0 Å². The summed E-state index contributed by atoms with van der Waals surface area (Å²) in [5.74, 6) is 0.986. The first-order valence-corrected chi connectivity index (χ1v) is 9.98. The molecule has 0 N–H and O–H groups in total. The maximum Gasteiger partial charge on any atom is 0.232 e. The largest absolute Gasteiger partial charge is 0.497 e. The number of carbonyl (C=O) groups excluding carboxylic acids is 2. The highest BCUT2D eigenvalue weighted by atomic mass is 35.5. The van der Waals surface area contributed by atoms with Gasteiger partial charge in [0.05, 0.1) is 19.9 Å². The number of halogens is 1. The molecule has 0 saturated heterocycles. The zero-order valence-corrected chi connectivity index (χ0v) is 17.2. The molecule has 0 aromatic heterocycles. The highest BCUT2D eigenvalue weighted by Gasteiger charge is 2.40. The number of Topliss-reactive ketones (excluding diaryl/α,β-unsaturated/α-hetero) is 1. The number of benzene rings is 2. The van der Waals surface area contributed by atoms with Crippen LogP contribution in [0.5, 0.6) is 11.5 Å². The van der Waals surface area contributed by atoms with Crippen molar-refractivity contribution in [1.29, 1.82) is 0 Å². The van der Waals surface area contributed by atoms with Gasteiger partial charge in [-0.15, -0.1) is 0 Å². The van der Waals surface area contributed by atoms with Crippen LogP contribution in [0.25, 0.3) is 0 Å². The van der Waals surface area contributed by atoms with E-state index in [2.05, 4.69) is 0 Å². The summed E-state index contributed by atoms with van der Waals surface area (Å²) in [5.41, 5.74) is 3.02. The second-order valence-corrected chi connectivity index (χ2v) is 7.65. The van der Waals surface area contributed by atoms with Crippen LogP contribution in [0, 0.1) is 0 Å². The Balaban J connectivity index is 1.87. The lowest BCUT2D eigenvalue weighted by Gasteiger charge is -2.38. The van der Waals surface area contributed by atoms with E-state index < -0.39 is 0 Å². The van der Waals surface area contributed by atoms with Gasteiger partial charge in [0, 0.05) is 46.7 Å². The zero-order valence-electron chi connectivity index (χ0n) is 16.4. The number of methoxy groups -OCH3 is 2. The predicted molar refractivity (Wildman–Crippen MR) is 112 cm³/mol. The van der Waals surface area contributed by atoms with E-state index in [0.29, 0.717) is 40.6 Å². The number of rotatable bonds is 4. The average molecular weight is 412 g/mol. The number of ketones is 1. The molecule has 29 heavy (non-hydrogen) atoms. The molecule has 1 aliphatic carbocycles. The smallest absolute Gasteiger partial charge is 0.232 e.